The Kier molecular flexibility index (Phi) is 3.19. The van der Waals surface area contributed by atoms with Gasteiger partial charge >= 0.3 is 5.97 Å². The van der Waals surface area contributed by atoms with Crippen LogP contribution < -0.4 is 0 Å². The summed E-state index contributed by atoms with van der Waals surface area (Å²) in [6, 6.07) is 0. The van der Waals surface area contributed by atoms with E-state index in [9.17, 15) is 4.79 Å². The molecule has 1 aliphatic rings. The summed E-state index contributed by atoms with van der Waals surface area (Å²) in [5.41, 5.74) is 0.824. The van der Waals surface area contributed by atoms with Crippen LogP contribution in [0, 0.1) is 5.92 Å². The zero-order chi connectivity index (χ0) is 11.5. The van der Waals surface area contributed by atoms with Gasteiger partial charge in [-0.25, -0.2) is 0 Å². The molecule has 0 saturated heterocycles. The number of carboxylic acids is 1. The van der Waals surface area contributed by atoms with Gasteiger partial charge in [0.2, 0.25) is 0 Å². The minimum Gasteiger partial charge on any atom is -0.480 e. The first-order chi connectivity index (χ1) is 7.63. The Morgan fingerprint density at radius 3 is 2.94 bits per heavy atom. The minimum absolute atomic E-state index is 0.0765. The lowest BCUT2D eigenvalue weighted by Gasteiger charge is -2.18. The van der Waals surface area contributed by atoms with Gasteiger partial charge in [0.05, 0.1) is 12.2 Å². The van der Waals surface area contributed by atoms with Crippen LogP contribution in [-0.4, -0.2) is 44.1 Å². The molecule has 1 heterocycles. The number of nitrogens with zero attached hydrogens (tertiary/aromatic N) is 4. The maximum absolute atomic E-state index is 10.7. The third kappa shape index (κ3) is 3.30. The van der Waals surface area contributed by atoms with Crippen molar-refractivity contribution < 1.29 is 9.90 Å². The first-order valence-corrected chi connectivity index (χ1v) is 5.43. The molecule has 0 aliphatic heterocycles. The molecule has 6 nitrogen and oxygen atoms in total. The van der Waals surface area contributed by atoms with Crippen LogP contribution in [0.2, 0.25) is 0 Å². The summed E-state index contributed by atoms with van der Waals surface area (Å²) in [4.78, 5) is 12.6. The summed E-state index contributed by atoms with van der Waals surface area (Å²) in [5, 5.41) is 16.6. The first kappa shape index (κ1) is 11.1. The van der Waals surface area contributed by atoms with Crippen LogP contribution in [0.15, 0.2) is 6.20 Å². The Labute approximate surface area is 93.9 Å². The molecule has 1 aliphatic carbocycles. The third-order valence-corrected chi connectivity index (χ3v) is 2.61. The molecule has 0 unspecified atom stereocenters. The normalized spacial score (nSPS) is 15.6. The van der Waals surface area contributed by atoms with Crippen molar-refractivity contribution in [2.24, 2.45) is 13.0 Å². The molecule has 0 amide bonds. The van der Waals surface area contributed by atoms with Gasteiger partial charge in [-0.15, -0.1) is 5.10 Å². The summed E-state index contributed by atoms with van der Waals surface area (Å²) >= 11 is 0. The molecule has 16 heavy (non-hydrogen) atoms. The van der Waals surface area contributed by atoms with Crippen molar-refractivity contribution in [3.05, 3.63) is 11.9 Å². The van der Waals surface area contributed by atoms with Crippen LogP contribution in [0.4, 0.5) is 0 Å². The Hall–Kier alpha value is -1.43. The molecule has 6 heteroatoms. The highest BCUT2D eigenvalue weighted by Gasteiger charge is 2.25. The van der Waals surface area contributed by atoms with Crippen molar-refractivity contribution in [3.63, 3.8) is 0 Å². The number of aliphatic carboxylic acids is 1. The molecule has 2 rings (SSSR count). The van der Waals surface area contributed by atoms with Gasteiger partial charge in [-0.05, 0) is 18.8 Å². The predicted molar refractivity (Wildman–Crippen MR) is 56.6 cm³/mol. The number of hydrogen-bond acceptors (Lipinski definition) is 4. The van der Waals surface area contributed by atoms with Crippen LogP contribution in [0.25, 0.3) is 0 Å². The molecule has 1 saturated carbocycles. The third-order valence-electron chi connectivity index (χ3n) is 2.61. The molecule has 0 spiro atoms. The first-order valence-electron chi connectivity index (χ1n) is 5.43. The van der Waals surface area contributed by atoms with Gasteiger partial charge in [0.1, 0.15) is 0 Å². The van der Waals surface area contributed by atoms with Crippen molar-refractivity contribution in [2.45, 2.75) is 19.4 Å². The van der Waals surface area contributed by atoms with E-state index in [1.165, 1.54) is 12.8 Å². The fraction of sp³-hybridized carbons (Fsp3) is 0.700. The number of carboxylic acid groups (broad SMARTS) is 1. The molecule has 1 N–H and O–H groups in total. The summed E-state index contributed by atoms with van der Waals surface area (Å²) < 4.78 is 1.63. The van der Waals surface area contributed by atoms with Gasteiger partial charge in [-0.1, -0.05) is 5.21 Å². The summed E-state index contributed by atoms with van der Waals surface area (Å²) in [6.07, 6.45) is 4.26. The topological polar surface area (TPSA) is 71.2 Å². The summed E-state index contributed by atoms with van der Waals surface area (Å²) in [6.45, 7) is 1.49. The Morgan fingerprint density at radius 2 is 2.44 bits per heavy atom. The number of aryl methyl sites for hydroxylation is 1. The van der Waals surface area contributed by atoms with E-state index in [4.69, 9.17) is 5.11 Å². The molecule has 0 radical (unpaired) electrons. The molecular weight excluding hydrogens is 208 g/mol. The Balaban J connectivity index is 1.91. The summed E-state index contributed by atoms with van der Waals surface area (Å²) in [7, 11) is 1.80. The van der Waals surface area contributed by atoms with Crippen LogP contribution in [-0.2, 0) is 18.4 Å². The van der Waals surface area contributed by atoms with Gasteiger partial charge in [-0.2, -0.15) is 0 Å². The van der Waals surface area contributed by atoms with Crippen molar-refractivity contribution in [3.8, 4) is 0 Å². The molecule has 1 aromatic heterocycles. The number of aromatic nitrogens is 3. The molecule has 0 aromatic carbocycles. The summed E-state index contributed by atoms with van der Waals surface area (Å²) in [5.74, 6) is -0.111. The van der Waals surface area contributed by atoms with Crippen molar-refractivity contribution >= 4 is 5.97 Å². The van der Waals surface area contributed by atoms with E-state index >= 15 is 0 Å². The Morgan fingerprint density at radius 1 is 1.69 bits per heavy atom. The molecule has 0 atom stereocenters. The highest BCUT2D eigenvalue weighted by Crippen LogP contribution is 2.29. The largest absolute Gasteiger partial charge is 0.480 e. The maximum atomic E-state index is 10.7. The van der Waals surface area contributed by atoms with E-state index in [1.54, 1.807) is 11.7 Å². The average molecular weight is 224 g/mol. The van der Waals surface area contributed by atoms with Gasteiger partial charge in [-0.3, -0.25) is 14.4 Å². The lowest BCUT2D eigenvalue weighted by Crippen LogP contribution is -2.31. The second-order valence-electron chi connectivity index (χ2n) is 4.39. The quantitative estimate of drug-likeness (QED) is 0.742. The highest BCUT2D eigenvalue weighted by atomic mass is 16.4. The van der Waals surface area contributed by atoms with E-state index in [0.29, 0.717) is 12.5 Å². The van der Waals surface area contributed by atoms with E-state index in [2.05, 4.69) is 10.3 Å². The SMILES string of the molecule is Cn1cc(CN(CC(=O)O)CC2CC2)nn1. The van der Waals surface area contributed by atoms with Crippen molar-refractivity contribution in [1.82, 2.24) is 19.9 Å². The standard InChI is InChI=1S/C10H16N4O2/c1-13-5-9(11-12-13)6-14(7-10(15)16)4-8-2-3-8/h5,8H,2-4,6-7H2,1H3,(H,15,16). The van der Waals surface area contributed by atoms with Gasteiger partial charge in [0, 0.05) is 26.3 Å². The maximum Gasteiger partial charge on any atom is 0.317 e. The highest BCUT2D eigenvalue weighted by molar-refractivity contribution is 5.69. The van der Waals surface area contributed by atoms with Crippen LogP contribution in [0.5, 0.6) is 0 Å². The number of hydrogen-bond donors (Lipinski definition) is 1. The minimum atomic E-state index is -0.787. The molecule has 88 valence electrons. The van der Waals surface area contributed by atoms with Gasteiger partial charge < -0.3 is 5.11 Å². The lowest BCUT2D eigenvalue weighted by molar-refractivity contribution is -0.138. The fourth-order valence-electron chi connectivity index (χ4n) is 1.74. The smallest absolute Gasteiger partial charge is 0.317 e. The van der Waals surface area contributed by atoms with Crippen LogP contribution in [0.1, 0.15) is 18.5 Å². The predicted octanol–water partition coefficient (Wildman–Crippen LogP) is 0.112. The van der Waals surface area contributed by atoms with Crippen molar-refractivity contribution in [2.75, 3.05) is 13.1 Å². The second kappa shape index (κ2) is 4.61. The zero-order valence-electron chi connectivity index (χ0n) is 9.33. The molecule has 1 fully saturated rings. The molecule has 1 aromatic rings. The molecule has 0 bridgehead atoms. The molecular formula is C10H16N4O2. The van der Waals surface area contributed by atoms with E-state index in [0.717, 1.165) is 12.2 Å². The lowest BCUT2D eigenvalue weighted by atomic mass is 10.3. The van der Waals surface area contributed by atoms with Crippen LogP contribution >= 0.6 is 0 Å². The van der Waals surface area contributed by atoms with Gasteiger partial charge in [0.15, 0.2) is 0 Å². The zero-order valence-corrected chi connectivity index (χ0v) is 9.33. The van der Waals surface area contributed by atoms with Gasteiger partial charge in [0.25, 0.3) is 0 Å². The van der Waals surface area contributed by atoms with E-state index in [-0.39, 0.29) is 6.54 Å². The average Bonchev–Trinajstić information content (AvgIpc) is 2.89. The number of rotatable bonds is 6. The van der Waals surface area contributed by atoms with E-state index < -0.39 is 5.97 Å². The van der Waals surface area contributed by atoms with Crippen molar-refractivity contribution in [1.29, 1.82) is 0 Å². The van der Waals surface area contributed by atoms with Crippen LogP contribution in [0.3, 0.4) is 0 Å². The number of carbonyl (C=O) groups is 1. The van der Waals surface area contributed by atoms with E-state index in [1.807, 2.05) is 11.1 Å². The fourth-order valence-corrected chi connectivity index (χ4v) is 1.74. The second-order valence-corrected chi connectivity index (χ2v) is 4.39. The monoisotopic (exact) mass is 224 g/mol. The Bertz CT molecular complexity index is 373.